The zero-order valence-electron chi connectivity index (χ0n) is 10.00. The van der Waals surface area contributed by atoms with Crippen LogP contribution < -0.4 is 10.6 Å². The van der Waals surface area contributed by atoms with E-state index in [9.17, 15) is 4.79 Å². The van der Waals surface area contributed by atoms with Gasteiger partial charge in [0, 0.05) is 12.1 Å². The molecule has 0 aromatic carbocycles. The zero-order chi connectivity index (χ0) is 12.4. The van der Waals surface area contributed by atoms with Crippen LogP contribution in [-0.2, 0) is 0 Å². The molecule has 3 atom stereocenters. The van der Waals surface area contributed by atoms with Crippen LogP contribution in [0.2, 0.25) is 5.02 Å². The molecule has 1 saturated heterocycles. The Morgan fingerprint density at radius 3 is 2.94 bits per heavy atom. The standard InChI is InChI=1S/C12H17ClN2OS/c1-7-3-5-14-8(2)10(7)15-12(16)11-9(13)4-6-17-11/h4,6-8,10,14H,3,5H2,1-2H3,(H,15,16). The van der Waals surface area contributed by atoms with Crippen LogP contribution in [-0.4, -0.2) is 24.5 Å². The average Bonchev–Trinajstić information content (AvgIpc) is 2.70. The van der Waals surface area contributed by atoms with Gasteiger partial charge in [-0.1, -0.05) is 18.5 Å². The maximum Gasteiger partial charge on any atom is 0.263 e. The number of thiophene rings is 1. The third-order valence-corrected chi connectivity index (χ3v) is 4.68. The highest BCUT2D eigenvalue weighted by Crippen LogP contribution is 2.23. The van der Waals surface area contributed by atoms with Crippen molar-refractivity contribution in [2.75, 3.05) is 6.54 Å². The maximum absolute atomic E-state index is 12.1. The minimum absolute atomic E-state index is 0.0580. The highest BCUT2D eigenvalue weighted by molar-refractivity contribution is 7.12. The van der Waals surface area contributed by atoms with Gasteiger partial charge < -0.3 is 10.6 Å². The predicted octanol–water partition coefficient (Wildman–Crippen LogP) is 2.52. The molecule has 2 heterocycles. The smallest absolute Gasteiger partial charge is 0.263 e. The van der Waals surface area contributed by atoms with Gasteiger partial charge in [-0.15, -0.1) is 11.3 Å². The first-order valence-corrected chi connectivity index (χ1v) is 7.12. The Morgan fingerprint density at radius 1 is 1.59 bits per heavy atom. The SMILES string of the molecule is CC1CCNC(C)C1NC(=O)c1sccc1Cl. The van der Waals surface area contributed by atoms with E-state index in [-0.39, 0.29) is 11.9 Å². The zero-order valence-corrected chi connectivity index (χ0v) is 11.6. The summed E-state index contributed by atoms with van der Waals surface area (Å²) in [5.74, 6) is 0.436. The van der Waals surface area contributed by atoms with Crippen molar-refractivity contribution in [1.29, 1.82) is 0 Å². The third-order valence-electron chi connectivity index (χ3n) is 3.34. The molecule has 2 N–H and O–H groups in total. The molecule has 1 aliphatic rings. The second-order valence-corrected chi connectivity index (χ2v) is 5.93. The Bertz CT molecular complexity index is 397. The van der Waals surface area contributed by atoms with Crippen LogP contribution in [0.25, 0.3) is 0 Å². The van der Waals surface area contributed by atoms with E-state index in [4.69, 9.17) is 11.6 Å². The van der Waals surface area contributed by atoms with E-state index in [2.05, 4.69) is 24.5 Å². The fourth-order valence-corrected chi connectivity index (χ4v) is 3.32. The Labute approximate surface area is 111 Å². The monoisotopic (exact) mass is 272 g/mol. The fourth-order valence-electron chi connectivity index (χ4n) is 2.28. The fraction of sp³-hybridized carbons (Fsp3) is 0.583. The number of hydrogen-bond acceptors (Lipinski definition) is 3. The van der Waals surface area contributed by atoms with E-state index in [0.29, 0.717) is 21.9 Å². The Morgan fingerprint density at radius 2 is 2.35 bits per heavy atom. The van der Waals surface area contributed by atoms with Gasteiger partial charge in [0.1, 0.15) is 4.88 Å². The molecular weight excluding hydrogens is 256 g/mol. The van der Waals surface area contributed by atoms with Crippen LogP contribution >= 0.6 is 22.9 Å². The second-order valence-electron chi connectivity index (χ2n) is 4.61. The van der Waals surface area contributed by atoms with Crippen molar-refractivity contribution in [3.8, 4) is 0 Å². The number of halogens is 1. The summed E-state index contributed by atoms with van der Waals surface area (Å²) in [5, 5.41) is 8.84. The molecule has 0 radical (unpaired) electrons. The molecule has 94 valence electrons. The van der Waals surface area contributed by atoms with Crippen molar-refractivity contribution in [2.24, 2.45) is 5.92 Å². The Hall–Kier alpha value is -0.580. The maximum atomic E-state index is 12.1. The lowest BCUT2D eigenvalue weighted by atomic mass is 9.89. The number of hydrogen-bond donors (Lipinski definition) is 2. The minimum Gasteiger partial charge on any atom is -0.347 e. The third kappa shape index (κ3) is 2.81. The minimum atomic E-state index is -0.0580. The van der Waals surface area contributed by atoms with E-state index in [1.54, 1.807) is 6.07 Å². The van der Waals surface area contributed by atoms with Gasteiger partial charge in [0.05, 0.1) is 5.02 Å². The first-order valence-electron chi connectivity index (χ1n) is 5.87. The summed E-state index contributed by atoms with van der Waals surface area (Å²) < 4.78 is 0. The molecule has 0 bridgehead atoms. The molecule has 1 aliphatic heterocycles. The van der Waals surface area contributed by atoms with Crippen molar-refractivity contribution < 1.29 is 4.79 Å². The molecule has 5 heteroatoms. The van der Waals surface area contributed by atoms with Gasteiger partial charge in [-0.05, 0) is 37.3 Å². The molecule has 1 fully saturated rings. The van der Waals surface area contributed by atoms with Gasteiger partial charge in [-0.25, -0.2) is 0 Å². The lowest BCUT2D eigenvalue weighted by Crippen LogP contribution is -2.55. The van der Waals surface area contributed by atoms with Gasteiger partial charge in [-0.2, -0.15) is 0 Å². The molecule has 1 amide bonds. The van der Waals surface area contributed by atoms with Crippen LogP contribution in [0.4, 0.5) is 0 Å². The highest BCUT2D eigenvalue weighted by atomic mass is 35.5. The second kappa shape index (κ2) is 5.38. The summed E-state index contributed by atoms with van der Waals surface area (Å²) in [4.78, 5) is 12.7. The molecule has 3 unspecified atom stereocenters. The van der Waals surface area contributed by atoms with Crippen LogP contribution in [0.5, 0.6) is 0 Å². The van der Waals surface area contributed by atoms with E-state index >= 15 is 0 Å². The summed E-state index contributed by atoms with van der Waals surface area (Å²) >= 11 is 7.34. The molecule has 17 heavy (non-hydrogen) atoms. The molecular formula is C12H17ClN2OS. The number of rotatable bonds is 2. The average molecular weight is 273 g/mol. The van der Waals surface area contributed by atoms with E-state index < -0.39 is 0 Å². The van der Waals surface area contributed by atoms with Crippen molar-refractivity contribution >= 4 is 28.8 Å². The summed E-state index contributed by atoms with van der Waals surface area (Å²) in [6, 6.07) is 2.24. The number of piperidine rings is 1. The van der Waals surface area contributed by atoms with Gasteiger partial charge in [0.2, 0.25) is 0 Å². The normalized spacial score (nSPS) is 29.0. The van der Waals surface area contributed by atoms with Crippen LogP contribution in [0.1, 0.15) is 29.9 Å². The number of carbonyl (C=O) groups excluding carboxylic acids is 1. The highest BCUT2D eigenvalue weighted by Gasteiger charge is 2.29. The number of amides is 1. The van der Waals surface area contributed by atoms with E-state index in [1.165, 1.54) is 11.3 Å². The number of carbonyl (C=O) groups is 1. The van der Waals surface area contributed by atoms with Crippen LogP contribution in [0, 0.1) is 5.92 Å². The first-order chi connectivity index (χ1) is 8.09. The molecule has 3 nitrogen and oxygen atoms in total. The lowest BCUT2D eigenvalue weighted by Gasteiger charge is -2.35. The molecule has 1 aromatic rings. The summed E-state index contributed by atoms with van der Waals surface area (Å²) in [6.45, 7) is 5.31. The summed E-state index contributed by atoms with van der Waals surface area (Å²) in [5.41, 5.74) is 0. The summed E-state index contributed by atoms with van der Waals surface area (Å²) in [6.07, 6.45) is 1.09. The molecule has 0 aliphatic carbocycles. The lowest BCUT2D eigenvalue weighted by molar-refractivity contribution is 0.0902. The van der Waals surface area contributed by atoms with Crippen molar-refractivity contribution in [3.63, 3.8) is 0 Å². The van der Waals surface area contributed by atoms with Gasteiger partial charge >= 0.3 is 0 Å². The predicted molar refractivity (Wildman–Crippen MR) is 71.8 cm³/mol. The molecule has 1 aromatic heterocycles. The summed E-state index contributed by atoms with van der Waals surface area (Å²) in [7, 11) is 0. The Balaban J connectivity index is 2.05. The topological polar surface area (TPSA) is 41.1 Å². The molecule has 2 rings (SSSR count). The van der Waals surface area contributed by atoms with E-state index in [0.717, 1.165) is 13.0 Å². The molecule has 0 spiro atoms. The quantitative estimate of drug-likeness (QED) is 0.869. The van der Waals surface area contributed by atoms with Crippen molar-refractivity contribution in [3.05, 3.63) is 21.3 Å². The van der Waals surface area contributed by atoms with E-state index in [1.807, 2.05) is 5.38 Å². The largest absolute Gasteiger partial charge is 0.347 e. The van der Waals surface area contributed by atoms with Gasteiger partial charge in [-0.3, -0.25) is 4.79 Å². The van der Waals surface area contributed by atoms with Crippen LogP contribution in [0.15, 0.2) is 11.4 Å². The first kappa shape index (κ1) is 12.9. The van der Waals surface area contributed by atoms with Crippen molar-refractivity contribution in [2.45, 2.75) is 32.4 Å². The van der Waals surface area contributed by atoms with Gasteiger partial charge in [0.15, 0.2) is 0 Å². The molecule has 0 saturated carbocycles. The number of nitrogens with one attached hydrogen (secondary N) is 2. The Kier molecular flexibility index (Phi) is 4.07. The van der Waals surface area contributed by atoms with Crippen molar-refractivity contribution in [1.82, 2.24) is 10.6 Å². The van der Waals surface area contributed by atoms with Gasteiger partial charge in [0.25, 0.3) is 5.91 Å². The van der Waals surface area contributed by atoms with Crippen LogP contribution in [0.3, 0.4) is 0 Å².